The molecular weight excluding hydrogens is 461 g/mol. The highest BCUT2D eigenvalue weighted by Crippen LogP contribution is 2.23. The lowest BCUT2D eigenvalue weighted by molar-refractivity contribution is -0.110. The summed E-state index contributed by atoms with van der Waals surface area (Å²) >= 11 is 0.659. The largest absolute Gasteiger partial charge is 0.393 e. The topological polar surface area (TPSA) is 127 Å². The molecule has 2 atom stereocenters. The normalized spacial score (nSPS) is 19.2. The number of halogens is 1. The van der Waals surface area contributed by atoms with Gasteiger partial charge in [0.05, 0.1) is 22.9 Å². The Labute approximate surface area is 189 Å². The third-order valence-electron chi connectivity index (χ3n) is 4.81. The molecule has 0 radical (unpaired) electrons. The molecule has 12 heteroatoms. The molecule has 1 aliphatic rings. The smallest absolute Gasteiger partial charge is 0.280 e. The predicted molar refractivity (Wildman–Crippen MR) is 117 cm³/mol. The zero-order chi connectivity index (χ0) is 23.1. The van der Waals surface area contributed by atoms with E-state index in [2.05, 4.69) is 15.5 Å². The predicted octanol–water partition coefficient (Wildman–Crippen LogP) is 2.37. The second-order valence-electron chi connectivity index (χ2n) is 7.25. The van der Waals surface area contributed by atoms with Gasteiger partial charge in [-0.2, -0.15) is 4.39 Å². The number of rotatable bonds is 10. The van der Waals surface area contributed by atoms with Crippen LogP contribution in [0.4, 0.5) is 9.52 Å². The molecule has 1 amide bonds. The molecule has 2 N–H and O–H groups in total. The fourth-order valence-electron chi connectivity index (χ4n) is 3.17. The number of oxime groups is 1. The lowest BCUT2D eigenvalue weighted by atomic mass is 10.1. The van der Waals surface area contributed by atoms with Crippen molar-refractivity contribution < 1.29 is 32.3 Å². The monoisotopic (exact) mass is 485 g/mol. The van der Waals surface area contributed by atoms with Crippen molar-refractivity contribution in [2.75, 3.05) is 24.8 Å². The SMILES string of the molecule is COCCCS(=O)(=O)c1ccc(/C(=N\O[C@@H]2CC[C@@H](O)C2)C(=O)Nc2ncc(F)s2)cc1. The van der Waals surface area contributed by atoms with Crippen LogP contribution in [0, 0.1) is 5.13 Å². The molecule has 0 bridgehead atoms. The Kier molecular flexibility index (Phi) is 8.29. The lowest BCUT2D eigenvalue weighted by Crippen LogP contribution is -2.25. The van der Waals surface area contributed by atoms with E-state index in [1.165, 1.54) is 31.4 Å². The maximum absolute atomic E-state index is 13.2. The summed E-state index contributed by atoms with van der Waals surface area (Å²) in [4.78, 5) is 22.1. The van der Waals surface area contributed by atoms with Crippen LogP contribution in [0.25, 0.3) is 0 Å². The Bertz CT molecular complexity index is 1060. The van der Waals surface area contributed by atoms with Crippen LogP contribution in [0.5, 0.6) is 0 Å². The number of thiazole rings is 1. The van der Waals surface area contributed by atoms with Gasteiger partial charge < -0.3 is 14.7 Å². The van der Waals surface area contributed by atoms with Crippen molar-refractivity contribution in [3.63, 3.8) is 0 Å². The van der Waals surface area contributed by atoms with Crippen molar-refractivity contribution in [3.05, 3.63) is 41.2 Å². The highest BCUT2D eigenvalue weighted by atomic mass is 32.2. The molecule has 0 unspecified atom stereocenters. The summed E-state index contributed by atoms with van der Waals surface area (Å²) in [6, 6.07) is 5.69. The molecular formula is C20H24FN3O6S2. The summed E-state index contributed by atoms with van der Waals surface area (Å²) in [5.41, 5.74) is 0.194. The van der Waals surface area contributed by atoms with Gasteiger partial charge in [-0.3, -0.25) is 10.1 Å². The zero-order valence-electron chi connectivity index (χ0n) is 17.4. The number of benzene rings is 1. The van der Waals surface area contributed by atoms with Crippen molar-refractivity contribution in [1.82, 2.24) is 4.98 Å². The molecule has 1 aliphatic carbocycles. The number of carbonyl (C=O) groups is 1. The van der Waals surface area contributed by atoms with Gasteiger partial charge >= 0.3 is 0 Å². The average Bonchev–Trinajstić information content (AvgIpc) is 3.36. The second-order valence-corrected chi connectivity index (χ2v) is 10.3. The van der Waals surface area contributed by atoms with E-state index >= 15 is 0 Å². The summed E-state index contributed by atoms with van der Waals surface area (Å²) in [6.07, 6.45) is 2.09. The summed E-state index contributed by atoms with van der Waals surface area (Å²) in [5, 5.41) is 15.6. The molecule has 3 rings (SSSR count). The fourth-order valence-corrected chi connectivity index (χ4v) is 4.99. The molecule has 1 aromatic carbocycles. The minimum Gasteiger partial charge on any atom is -0.393 e. The standard InChI is InChI=1S/C20H24FN3O6S2/c1-29-9-2-10-32(27,28)16-7-3-13(4-8-16)18(24-30-15-6-5-14(25)11-15)19(26)23-20-22-12-17(21)31-20/h3-4,7-8,12,14-15,25H,2,5-6,9-11H2,1H3,(H,22,23,26)/b24-18+/t14-,15-/m1/s1. The average molecular weight is 486 g/mol. The Hall–Kier alpha value is -2.41. The number of aromatic nitrogens is 1. The summed E-state index contributed by atoms with van der Waals surface area (Å²) in [5.74, 6) is -0.752. The van der Waals surface area contributed by atoms with Gasteiger partial charge in [-0.15, -0.1) is 0 Å². The van der Waals surface area contributed by atoms with E-state index in [4.69, 9.17) is 9.57 Å². The van der Waals surface area contributed by atoms with E-state index in [1.54, 1.807) is 0 Å². The fraction of sp³-hybridized carbons (Fsp3) is 0.450. The van der Waals surface area contributed by atoms with Crippen molar-refractivity contribution in [2.45, 2.75) is 42.8 Å². The van der Waals surface area contributed by atoms with Crippen LogP contribution in [0.1, 0.15) is 31.2 Å². The Morgan fingerprint density at radius 2 is 2.09 bits per heavy atom. The molecule has 1 fully saturated rings. The van der Waals surface area contributed by atoms with Crippen molar-refractivity contribution in [3.8, 4) is 0 Å². The number of hydrogen-bond donors (Lipinski definition) is 2. The van der Waals surface area contributed by atoms with Gasteiger partial charge in [0, 0.05) is 25.7 Å². The first-order valence-electron chi connectivity index (χ1n) is 9.95. The summed E-state index contributed by atoms with van der Waals surface area (Å²) in [7, 11) is -2.00. The molecule has 174 valence electrons. The summed E-state index contributed by atoms with van der Waals surface area (Å²) in [6.45, 7) is 0.332. The van der Waals surface area contributed by atoms with Gasteiger partial charge in [-0.05, 0) is 31.4 Å². The van der Waals surface area contributed by atoms with Crippen LogP contribution in [0.2, 0.25) is 0 Å². The van der Waals surface area contributed by atoms with Gasteiger partial charge in [0.25, 0.3) is 5.91 Å². The molecule has 1 aromatic heterocycles. The zero-order valence-corrected chi connectivity index (χ0v) is 19.0. The second kappa shape index (κ2) is 10.9. The number of carbonyl (C=O) groups excluding carboxylic acids is 1. The first kappa shape index (κ1) is 24.2. The number of nitrogens with one attached hydrogen (secondary N) is 1. The van der Waals surface area contributed by atoms with Gasteiger partial charge in [0.2, 0.25) is 0 Å². The molecule has 9 nitrogen and oxygen atoms in total. The van der Waals surface area contributed by atoms with E-state index in [0.717, 1.165) is 6.20 Å². The first-order valence-corrected chi connectivity index (χ1v) is 12.4. The van der Waals surface area contributed by atoms with Crippen molar-refractivity contribution in [2.24, 2.45) is 5.16 Å². The molecule has 32 heavy (non-hydrogen) atoms. The molecule has 0 aliphatic heterocycles. The maximum atomic E-state index is 13.2. The lowest BCUT2D eigenvalue weighted by Gasteiger charge is -2.11. The minimum absolute atomic E-state index is 0.0498. The van der Waals surface area contributed by atoms with Gasteiger partial charge in [0.15, 0.2) is 25.8 Å². The van der Waals surface area contributed by atoms with Crippen LogP contribution in [-0.4, -0.2) is 61.8 Å². The van der Waals surface area contributed by atoms with Gasteiger partial charge in [-0.1, -0.05) is 28.6 Å². The molecule has 0 saturated heterocycles. The van der Waals surface area contributed by atoms with E-state index in [0.29, 0.717) is 49.2 Å². The molecule has 1 saturated carbocycles. The Morgan fingerprint density at radius 3 is 2.69 bits per heavy atom. The first-order chi connectivity index (χ1) is 15.3. The number of amides is 1. The number of nitrogens with zero attached hydrogens (tertiary/aromatic N) is 2. The van der Waals surface area contributed by atoms with Crippen molar-refractivity contribution in [1.29, 1.82) is 0 Å². The Morgan fingerprint density at radius 1 is 1.34 bits per heavy atom. The number of ether oxygens (including phenoxy) is 1. The molecule has 2 aromatic rings. The summed E-state index contributed by atoms with van der Waals surface area (Å²) < 4.78 is 43.0. The van der Waals surface area contributed by atoms with E-state index in [9.17, 15) is 22.7 Å². The highest BCUT2D eigenvalue weighted by Gasteiger charge is 2.26. The van der Waals surface area contributed by atoms with Crippen LogP contribution in [0.3, 0.4) is 0 Å². The quantitative estimate of drug-likeness (QED) is 0.300. The van der Waals surface area contributed by atoms with Crippen LogP contribution in [-0.2, 0) is 24.2 Å². The number of sulfone groups is 1. The van der Waals surface area contributed by atoms with Crippen LogP contribution >= 0.6 is 11.3 Å². The number of hydrogen-bond acceptors (Lipinski definition) is 9. The minimum atomic E-state index is -3.50. The number of methoxy groups -OCH3 is 1. The van der Waals surface area contributed by atoms with Gasteiger partial charge in [-0.25, -0.2) is 13.4 Å². The third kappa shape index (κ3) is 6.55. The van der Waals surface area contributed by atoms with E-state index < -0.39 is 27.0 Å². The van der Waals surface area contributed by atoms with Crippen molar-refractivity contribution >= 4 is 37.9 Å². The number of anilines is 1. The maximum Gasteiger partial charge on any atom is 0.280 e. The van der Waals surface area contributed by atoms with E-state index in [1.807, 2.05) is 0 Å². The Balaban J connectivity index is 1.81. The van der Waals surface area contributed by atoms with Crippen LogP contribution in [0.15, 0.2) is 40.5 Å². The van der Waals surface area contributed by atoms with Gasteiger partial charge in [0.1, 0.15) is 6.10 Å². The number of aliphatic hydroxyl groups is 1. The molecule has 0 spiro atoms. The third-order valence-corrected chi connectivity index (χ3v) is 7.33. The van der Waals surface area contributed by atoms with E-state index in [-0.39, 0.29) is 27.6 Å². The molecule has 1 heterocycles. The number of aliphatic hydroxyl groups excluding tert-OH is 1. The van der Waals surface area contributed by atoms with Crippen LogP contribution < -0.4 is 5.32 Å². The highest BCUT2D eigenvalue weighted by molar-refractivity contribution is 7.91.